The van der Waals surface area contributed by atoms with E-state index in [4.69, 9.17) is 0 Å². The topological polar surface area (TPSA) is 0 Å². The van der Waals surface area contributed by atoms with Crippen LogP contribution in [0.2, 0.25) is 44.5 Å². The molecule has 0 heterocycles. The first kappa shape index (κ1) is 16.3. The zero-order chi connectivity index (χ0) is 9.83. The van der Waals surface area contributed by atoms with Crippen LogP contribution >= 0.6 is 0 Å². The van der Waals surface area contributed by atoms with E-state index in [1.54, 1.807) is 5.94 Å². The predicted molar refractivity (Wildman–Crippen MR) is 65.4 cm³/mol. The average Bonchev–Trinajstić information content (AvgIpc) is 1.99. The van der Waals surface area contributed by atoms with Gasteiger partial charge in [0, 0.05) is 8.07 Å². The predicted octanol–water partition coefficient (Wildman–Crippen LogP) is 1.38. The van der Waals surface area contributed by atoms with Gasteiger partial charge in [-0.2, -0.15) is 24.9 Å². The van der Waals surface area contributed by atoms with Crippen LogP contribution in [0.15, 0.2) is 0 Å². The van der Waals surface area contributed by atoms with Gasteiger partial charge in [-0.1, -0.05) is 40.4 Å². The monoisotopic (exact) mass is 192 g/mol. The van der Waals surface area contributed by atoms with Crippen molar-refractivity contribution in [2.45, 2.75) is 65.3 Å². The summed E-state index contributed by atoms with van der Waals surface area (Å²) in [5.41, 5.74) is 0. The van der Waals surface area contributed by atoms with Gasteiger partial charge in [-0.15, -0.1) is 0 Å². The molecule has 0 aromatic carbocycles. The van der Waals surface area contributed by atoms with E-state index in [0.717, 1.165) is 0 Å². The largest absolute Gasteiger partial charge is 1.00 e. The first-order valence-electron chi connectivity index (χ1n) is 5.61. The van der Waals surface area contributed by atoms with Crippen molar-refractivity contribution < 1.29 is 18.9 Å². The van der Waals surface area contributed by atoms with Gasteiger partial charge in [0.15, 0.2) is 0 Å². The Bertz CT molecular complexity index is 119. The first-order chi connectivity index (χ1) is 5.39. The first-order valence-corrected chi connectivity index (χ1v) is 9.31. The summed E-state index contributed by atoms with van der Waals surface area (Å²) < 4.78 is 0. The van der Waals surface area contributed by atoms with Gasteiger partial charge in [-0.05, 0) is 6.15 Å². The van der Waals surface area contributed by atoms with Crippen LogP contribution in [-0.2, 0) is 0 Å². The van der Waals surface area contributed by atoms with Crippen molar-refractivity contribution in [1.29, 1.82) is 0 Å². The number of hydrogen-bond donors (Lipinski definition) is 0. The molecule has 74 valence electrons. The van der Waals surface area contributed by atoms with Crippen molar-refractivity contribution in [2.24, 2.45) is 0 Å². The Kier molecular flexibility index (Phi) is 8.01. The minimum Gasteiger partial charge on any atom is -0.182 e. The van der Waals surface area contributed by atoms with Crippen LogP contribution in [0.25, 0.3) is 0 Å². The third kappa shape index (κ3) is 6.05. The van der Waals surface area contributed by atoms with E-state index in [2.05, 4.69) is 40.4 Å². The second kappa shape index (κ2) is 6.38. The molecule has 0 aliphatic heterocycles. The van der Waals surface area contributed by atoms with Gasteiger partial charge in [0.25, 0.3) is 0 Å². The molecule has 0 saturated heterocycles. The van der Waals surface area contributed by atoms with Gasteiger partial charge >= 0.3 is 18.9 Å². The van der Waals surface area contributed by atoms with Gasteiger partial charge in [0.1, 0.15) is 0 Å². The summed E-state index contributed by atoms with van der Waals surface area (Å²) in [6.07, 6.45) is 4.30. The van der Waals surface area contributed by atoms with Crippen LogP contribution < -0.4 is 18.9 Å². The van der Waals surface area contributed by atoms with Gasteiger partial charge in [-0.3, -0.25) is 0 Å². The molecule has 0 saturated carbocycles. The Morgan fingerprint density at radius 1 is 0.846 bits per heavy atom. The molecule has 0 unspecified atom stereocenters. The quantitative estimate of drug-likeness (QED) is 0.577. The van der Waals surface area contributed by atoms with Crippen molar-refractivity contribution in [2.75, 3.05) is 0 Å². The molecule has 0 radical (unpaired) electrons. The van der Waals surface area contributed by atoms with Gasteiger partial charge < -0.3 is 0 Å². The third-order valence-electron chi connectivity index (χ3n) is 3.64. The molecule has 0 rings (SSSR count). The van der Waals surface area contributed by atoms with Crippen molar-refractivity contribution in [3.05, 3.63) is 0 Å². The maximum atomic E-state index is 2.50. The molecule has 13 heavy (non-hydrogen) atoms. The van der Waals surface area contributed by atoms with Crippen LogP contribution in [-0.4, -0.2) is 14.2 Å². The molecule has 0 aliphatic carbocycles. The molecular formula is C10H26BLiSi. The zero-order valence-electron chi connectivity index (χ0n) is 10.9. The van der Waals surface area contributed by atoms with Crippen molar-refractivity contribution in [3.63, 3.8) is 0 Å². The summed E-state index contributed by atoms with van der Waals surface area (Å²) >= 11 is 0. The van der Waals surface area contributed by atoms with Crippen LogP contribution in [0, 0.1) is 0 Å². The minimum atomic E-state index is -0.828. The van der Waals surface area contributed by atoms with E-state index in [9.17, 15) is 0 Å². The molecule has 0 aliphatic rings. The van der Waals surface area contributed by atoms with Crippen LogP contribution in [0.5, 0.6) is 0 Å². The van der Waals surface area contributed by atoms with E-state index in [0.29, 0.717) is 0 Å². The standard InChI is InChI=1S/C10H26BSi.Li/c1-7-11(8-2,9-3)10-12(4,5)6;/h7-10H2,1-6H3;/q-1;+1. The fraction of sp³-hybridized carbons (Fsp3) is 1.00. The molecule has 0 nitrogen and oxygen atoms in total. The van der Waals surface area contributed by atoms with E-state index in [-0.39, 0.29) is 25.0 Å². The fourth-order valence-electron chi connectivity index (χ4n) is 2.60. The third-order valence-corrected chi connectivity index (χ3v) is 5.73. The molecule has 0 N–H and O–H groups in total. The molecular weight excluding hydrogens is 166 g/mol. The summed E-state index contributed by atoms with van der Waals surface area (Å²) in [6, 6.07) is 0. The van der Waals surface area contributed by atoms with Crippen molar-refractivity contribution in [3.8, 4) is 0 Å². The zero-order valence-corrected chi connectivity index (χ0v) is 11.9. The van der Waals surface area contributed by atoms with E-state index in [1.165, 1.54) is 19.0 Å². The van der Waals surface area contributed by atoms with Crippen LogP contribution in [0.1, 0.15) is 20.8 Å². The molecule has 0 spiro atoms. The summed E-state index contributed by atoms with van der Waals surface area (Å²) in [5, 5.41) is 0. The summed E-state index contributed by atoms with van der Waals surface area (Å²) in [5.74, 6) is 1.57. The second-order valence-corrected chi connectivity index (χ2v) is 11.3. The maximum absolute atomic E-state index is 2.50. The van der Waals surface area contributed by atoms with Crippen LogP contribution in [0.3, 0.4) is 0 Å². The fourth-order valence-corrected chi connectivity index (χ4v) is 6.06. The van der Waals surface area contributed by atoms with Gasteiger partial charge in [0.05, 0.1) is 0 Å². The maximum Gasteiger partial charge on any atom is 1.00 e. The van der Waals surface area contributed by atoms with Crippen LogP contribution in [0.4, 0.5) is 0 Å². The van der Waals surface area contributed by atoms with E-state index < -0.39 is 8.07 Å². The van der Waals surface area contributed by atoms with Crippen molar-refractivity contribution in [1.82, 2.24) is 0 Å². The summed E-state index contributed by atoms with van der Waals surface area (Å²) in [7, 11) is -0.828. The SMILES string of the molecule is CC[B-](CC)(CC)C[Si](C)(C)C.[Li+]. The summed E-state index contributed by atoms with van der Waals surface area (Å²) in [6.45, 7) is 14.7. The van der Waals surface area contributed by atoms with E-state index in [1.807, 2.05) is 0 Å². The normalized spacial score (nSPS) is 12.5. The smallest absolute Gasteiger partial charge is 0.182 e. The molecule has 0 aromatic heterocycles. The average molecular weight is 192 g/mol. The Hall–Kier alpha value is 0.879. The Labute approximate surface area is 98.4 Å². The molecule has 0 fully saturated rings. The number of hydrogen-bond acceptors (Lipinski definition) is 0. The van der Waals surface area contributed by atoms with Gasteiger partial charge in [0.2, 0.25) is 0 Å². The van der Waals surface area contributed by atoms with Gasteiger partial charge in [-0.25, -0.2) is 0 Å². The Balaban J connectivity index is 0. The molecule has 3 heteroatoms. The molecule has 0 atom stereocenters. The van der Waals surface area contributed by atoms with E-state index >= 15 is 0 Å². The minimum absolute atomic E-state index is 0. The Morgan fingerprint density at radius 2 is 1.15 bits per heavy atom. The second-order valence-electron chi connectivity index (χ2n) is 5.72. The Morgan fingerprint density at radius 3 is 1.23 bits per heavy atom. The molecule has 0 aromatic rings. The molecule has 0 amide bonds. The molecule has 0 bridgehead atoms. The summed E-state index contributed by atoms with van der Waals surface area (Å²) in [4.78, 5) is 0. The number of rotatable bonds is 5. The van der Waals surface area contributed by atoms with Crippen molar-refractivity contribution >= 4 is 14.2 Å².